The Bertz CT molecular complexity index is 846. The predicted octanol–water partition coefficient (Wildman–Crippen LogP) is 8.31. The van der Waals surface area contributed by atoms with E-state index >= 15 is 0 Å². The van der Waals surface area contributed by atoms with Crippen molar-refractivity contribution in [3.8, 4) is 0 Å². The van der Waals surface area contributed by atoms with Gasteiger partial charge in [0.05, 0.1) is 5.56 Å². The van der Waals surface area contributed by atoms with Crippen molar-refractivity contribution in [2.45, 2.75) is 72.6 Å². The van der Waals surface area contributed by atoms with Crippen molar-refractivity contribution >= 4 is 47.3 Å². The van der Waals surface area contributed by atoms with Gasteiger partial charge in [-0.3, -0.25) is 0 Å². The number of aromatic carboxylic acids is 1. The summed E-state index contributed by atoms with van der Waals surface area (Å²) in [6.07, 6.45) is 8.87. The summed E-state index contributed by atoms with van der Waals surface area (Å²) in [7, 11) is 0. The number of rotatable bonds is 10. The van der Waals surface area contributed by atoms with E-state index in [9.17, 15) is 9.90 Å². The fourth-order valence-corrected chi connectivity index (χ4v) is 15.1. The molecule has 0 aliphatic heterocycles. The van der Waals surface area contributed by atoms with Crippen LogP contribution in [0.1, 0.15) is 69.7 Å². The normalized spacial score (nSPS) is 10.9. The Balaban J connectivity index is 0.000000224. The summed E-state index contributed by atoms with van der Waals surface area (Å²) in [4.78, 5) is 11.4. The van der Waals surface area contributed by atoms with Crippen LogP contribution in [0.4, 0.5) is 0 Å². The zero-order valence-corrected chi connectivity index (χ0v) is 22.3. The molecule has 0 radical (unpaired) electrons. The van der Waals surface area contributed by atoms with Gasteiger partial charge in [-0.1, -0.05) is 48.5 Å². The summed E-state index contributed by atoms with van der Waals surface area (Å²) >= 11 is -0.967. The first-order valence-electron chi connectivity index (χ1n) is 11.8. The topological polar surface area (TPSA) is 37.3 Å². The molecule has 0 aromatic heterocycles. The molecule has 2 nitrogen and oxygen atoms in total. The molecule has 0 atom stereocenters. The SMILES string of the molecule is CCC[CH2][SnH]([CH2]CCC)[CH2]CCC.O=C(O)c1c2ccccc2cc2ccccc12. The number of hydrogen-bond donors (Lipinski definition) is 1. The number of benzene rings is 3. The van der Waals surface area contributed by atoms with Crippen LogP contribution < -0.4 is 0 Å². The minimum atomic E-state index is -0.967. The molecule has 3 rings (SSSR count). The van der Waals surface area contributed by atoms with E-state index in [4.69, 9.17) is 0 Å². The molecule has 30 heavy (non-hydrogen) atoms. The van der Waals surface area contributed by atoms with Crippen molar-refractivity contribution in [2.75, 3.05) is 0 Å². The van der Waals surface area contributed by atoms with Crippen molar-refractivity contribution < 1.29 is 9.90 Å². The van der Waals surface area contributed by atoms with Crippen LogP contribution in [0.25, 0.3) is 21.5 Å². The van der Waals surface area contributed by atoms with E-state index < -0.39 is 25.7 Å². The van der Waals surface area contributed by atoms with Crippen LogP contribution in [0, 0.1) is 0 Å². The predicted molar refractivity (Wildman–Crippen MR) is 135 cm³/mol. The second-order valence-corrected chi connectivity index (χ2v) is 18.2. The molecule has 3 heteroatoms. The zero-order chi connectivity index (χ0) is 21.8. The third-order valence-electron chi connectivity index (χ3n) is 5.88. The molecule has 0 spiro atoms. The molecule has 0 fully saturated rings. The molecular formula is C27H38O2Sn. The Labute approximate surface area is 189 Å². The molecule has 0 amide bonds. The number of carboxylic acids is 1. The van der Waals surface area contributed by atoms with Gasteiger partial charge in [0.2, 0.25) is 0 Å². The molecule has 0 unspecified atom stereocenters. The summed E-state index contributed by atoms with van der Waals surface area (Å²) in [6.45, 7) is 7.01. The van der Waals surface area contributed by atoms with Crippen molar-refractivity contribution in [3.63, 3.8) is 0 Å². The number of carboxylic acid groups (broad SMARTS) is 1. The monoisotopic (exact) mass is 514 g/mol. The van der Waals surface area contributed by atoms with E-state index in [1.807, 2.05) is 54.6 Å². The molecule has 0 aliphatic carbocycles. The molecule has 0 saturated carbocycles. The van der Waals surface area contributed by atoms with Crippen molar-refractivity contribution in [3.05, 3.63) is 60.2 Å². The maximum atomic E-state index is 11.4. The van der Waals surface area contributed by atoms with E-state index in [1.54, 1.807) is 13.3 Å². The Morgan fingerprint density at radius 3 is 1.50 bits per heavy atom. The maximum Gasteiger partial charge on any atom is 0.336 e. The summed E-state index contributed by atoms with van der Waals surface area (Å²) in [5.41, 5.74) is 0.388. The second kappa shape index (κ2) is 13.7. The van der Waals surface area contributed by atoms with Crippen molar-refractivity contribution in [1.82, 2.24) is 0 Å². The fourth-order valence-electron chi connectivity index (χ4n) is 4.16. The average molecular weight is 513 g/mol. The standard InChI is InChI=1S/C15H10O2.3C4H9.Sn.H/c16-15(17)14-12-7-3-1-5-10(12)9-11-6-2-4-8-13(11)14;3*1-3-4-2;;/h1-9H,(H,16,17);3*1,3-4H2,2H3;;. The molecule has 0 saturated heterocycles. The quantitative estimate of drug-likeness (QED) is 0.219. The van der Waals surface area contributed by atoms with E-state index in [2.05, 4.69) is 20.8 Å². The van der Waals surface area contributed by atoms with Gasteiger partial charge in [0, 0.05) is 0 Å². The van der Waals surface area contributed by atoms with Crippen LogP contribution in [0.3, 0.4) is 0 Å². The van der Waals surface area contributed by atoms with Gasteiger partial charge < -0.3 is 5.11 Å². The van der Waals surface area contributed by atoms with Crippen LogP contribution >= 0.6 is 0 Å². The number of fused-ring (bicyclic) bond motifs is 2. The Hall–Kier alpha value is -1.55. The van der Waals surface area contributed by atoms with Crippen LogP contribution in [-0.4, -0.2) is 30.8 Å². The first-order chi connectivity index (χ1) is 14.6. The molecule has 3 aromatic rings. The van der Waals surface area contributed by atoms with Gasteiger partial charge in [-0.25, -0.2) is 4.79 Å². The molecule has 0 heterocycles. The van der Waals surface area contributed by atoms with Gasteiger partial charge in [-0.05, 0) is 27.6 Å². The number of hydrogen-bond acceptors (Lipinski definition) is 1. The first-order valence-corrected chi connectivity index (χ1v) is 18.7. The Morgan fingerprint density at radius 1 is 0.733 bits per heavy atom. The van der Waals surface area contributed by atoms with Crippen LogP contribution in [0.15, 0.2) is 54.6 Å². The van der Waals surface area contributed by atoms with E-state index in [0.29, 0.717) is 5.56 Å². The Morgan fingerprint density at radius 2 is 1.13 bits per heavy atom. The van der Waals surface area contributed by atoms with Crippen LogP contribution in [-0.2, 0) is 0 Å². The molecule has 1 N–H and O–H groups in total. The van der Waals surface area contributed by atoms with Gasteiger partial charge in [0.1, 0.15) is 0 Å². The summed E-state index contributed by atoms with van der Waals surface area (Å²) in [5, 5.41) is 12.9. The third kappa shape index (κ3) is 7.30. The maximum absolute atomic E-state index is 11.4. The fraction of sp³-hybridized carbons (Fsp3) is 0.444. The van der Waals surface area contributed by atoms with Crippen LogP contribution in [0.2, 0.25) is 13.3 Å². The molecular weight excluding hydrogens is 475 g/mol. The Kier molecular flexibility index (Phi) is 11.3. The number of carbonyl (C=O) groups is 1. The smallest absolute Gasteiger partial charge is 0.336 e. The second-order valence-electron chi connectivity index (χ2n) is 8.29. The third-order valence-corrected chi connectivity index (χ3v) is 16.4. The first kappa shape index (κ1) is 24.7. The average Bonchev–Trinajstić information content (AvgIpc) is 2.77. The minimum absolute atomic E-state index is 0.388. The van der Waals surface area contributed by atoms with Gasteiger partial charge in [-0.2, -0.15) is 0 Å². The summed E-state index contributed by atoms with van der Waals surface area (Å²) in [5.74, 6) is -0.877. The van der Waals surface area contributed by atoms with Crippen LogP contribution in [0.5, 0.6) is 0 Å². The van der Waals surface area contributed by atoms with Crippen molar-refractivity contribution in [2.24, 2.45) is 0 Å². The van der Waals surface area contributed by atoms with E-state index in [-0.39, 0.29) is 0 Å². The summed E-state index contributed by atoms with van der Waals surface area (Å²) in [6, 6.07) is 17.2. The van der Waals surface area contributed by atoms with E-state index in [0.717, 1.165) is 21.5 Å². The molecule has 0 bridgehead atoms. The summed E-state index contributed by atoms with van der Waals surface area (Å²) < 4.78 is 5.08. The molecule has 3 aromatic carbocycles. The van der Waals surface area contributed by atoms with E-state index in [1.165, 1.54) is 38.5 Å². The van der Waals surface area contributed by atoms with Gasteiger partial charge in [-0.15, -0.1) is 0 Å². The largest absolute Gasteiger partial charge is 0.478 e. The minimum Gasteiger partial charge on any atom is -0.478 e. The molecule has 0 aliphatic rings. The zero-order valence-electron chi connectivity index (χ0n) is 19.0. The van der Waals surface area contributed by atoms with Gasteiger partial charge in [0.15, 0.2) is 0 Å². The number of unbranched alkanes of at least 4 members (excludes halogenated alkanes) is 3. The molecule has 162 valence electrons. The van der Waals surface area contributed by atoms with Crippen molar-refractivity contribution in [1.29, 1.82) is 0 Å². The van der Waals surface area contributed by atoms with Gasteiger partial charge in [0.25, 0.3) is 0 Å². The van der Waals surface area contributed by atoms with Gasteiger partial charge >= 0.3 is 98.3 Å².